The predicted octanol–water partition coefficient (Wildman–Crippen LogP) is 3.19. The molecule has 6 heteroatoms. The highest BCUT2D eigenvalue weighted by molar-refractivity contribution is 7.93. The summed E-state index contributed by atoms with van der Waals surface area (Å²) in [7, 11) is -3.80. The van der Waals surface area contributed by atoms with Crippen LogP contribution in [0.5, 0.6) is 0 Å². The minimum atomic E-state index is -3.80. The first kappa shape index (κ1) is 16.3. The second-order valence-corrected chi connectivity index (χ2v) is 7.04. The van der Waals surface area contributed by atoms with Crippen LogP contribution >= 0.6 is 0 Å². The number of rotatable bonds is 3. The van der Waals surface area contributed by atoms with Crippen molar-refractivity contribution < 1.29 is 17.9 Å². The second-order valence-electron chi connectivity index (χ2n) is 5.28. The molecule has 1 aliphatic heterocycles. The molecule has 3 rings (SSSR count). The van der Waals surface area contributed by atoms with Crippen LogP contribution in [0.4, 0.5) is 5.69 Å². The SMILES string of the molecule is CCOC(=O)C1=C(C)N(c2ccccc2)S(=O)(=O)c2ccccc21. The van der Waals surface area contributed by atoms with Gasteiger partial charge < -0.3 is 4.74 Å². The maximum Gasteiger partial charge on any atom is 0.340 e. The molecule has 2 aromatic rings. The first-order chi connectivity index (χ1) is 11.5. The van der Waals surface area contributed by atoms with Gasteiger partial charge in [-0.05, 0) is 32.0 Å². The summed E-state index contributed by atoms with van der Waals surface area (Å²) in [6.07, 6.45) is 0. The number of benzene rings is 2. The molecule has 0 unspecified atom stereocenters. The second kappa shape index (κ2) is 6.13. The Morgan fingerprint density at radius 1 is 1.04 bits per heavy atom. The van der Waals surface area contributed by atoms with Gasteiger partial charge in [-0.3, -0.25) is 0 Å². The van der Waals surface area contributed by atoms with Crippen LogP contribution in [-0.4, -0.2) is 21.0 Å². The summed E-state index contributed by atoms with van der Waals surface area (Å²) in [5, 5.41) is 0. The van der Waals surface area contributed by atoms with E-state index in [1.807, 2.05) is 0 Å². The van der Waals surface area contributed by atoms with Gasteiger partial charge >= 0.3 is 5.97 Å². The number of anilines is 1. The first-order valence-electron chi connectivity index (χ1n) is 7.56. The summed E-state index contributed by atoms with van der Waals surface area (Å²) in [5.74, 6) is -0.529. The van der Waals surface area contributed by atoms with E-state index in [1.165, 1.54) is 10.4 Å². The zero-order chi connectivity index (χ0) is 17.3. The largest absolute Gasteiger partial charge is 0.462 e. The molecule has 24 heavy (non-hydrogen) atoms. The van der Waals surface area contributed by atoms with E-state index in [0.29, 0.717) is 16.9 Å². The van der Waals surface area contributed by atoms with Crippen molar-refractivity contribution >= 4 is 27.3 Å². The number of hydrogen-bond donors (Lipinski definition) is 0. The summed E-state index contributed by atoms with van der Waals surface area (Å²) in [6, 6.07) is 15.2. The van der Waals surface area contributed by atoms with E-state index in [9.17, 15) is 13.2 Å². The zero-order valence-corrected chi connectivity index (χ0v) is 14.2. The van der Waals surface area contributed by atoms with Crippen LogP contribution < -0.4 is 4.31 Å². The standard InChI is InChI=1S/C18H17NO4S/c1-3-23-18(20)17-13(2)19(14-9-5-4-6-10-14)24(21,22)16-12-8-7-11-15(16)17/h4-12H,3H2,1-2H3. The fourth-order valence-corrected chi connectivity index (χ4v) is 4.58. The minimum absolute atomic E-state index is 0.0995. The molecule has 0 aliphatic carbocycles. The van der Waals surface area contributed by atoms with Crippen molar-refractivity contribution in [1.82, 2.24) is 0 Å². The average Bonchev–Trinajstić information content (AvgIpc) is 2.56. The van der Waals surface area contributed by atoms with Crippen LogP contribution in [0.2, 0.25) is 0 Å². The maximum absolute atomic E-state index is 13.1. The van der Waals surface area contributed by atoms with Crippen LogP contribution in [0.3, 0.4) is 0 Å². The molecule has 124 valence electrons. The van der Waals surface area contributed by atoms with E-state index in [2.05, 4.69) is 0 Å². The number of ether oxygens (including phenoxy) is 1. The Morgan fingerprint density at radius 3 is 2.33 bits per heavy atom. The molecule has 0 radical (unpaired) electrons. The smallest absolute Gasteiger partial charge is 0.340 e. The molecule has 0 aromatic heterocycles. The fraction of sp³-hybridized carbons (Fsp3) is 0.167. The topological polar surface area (TPSA) is 63.7 Å². The quantitative estimate of drug-likeness (QED) is 0.803. The monoisotopic (exact) mass is 343 g/mol. The van der Waals surface area contributed by atoms with Crippen molar-refractivity contribution in [1.29, 1.82) is 0 Å². The Bertz CT molecular complexity index is 917. The van der Waals surface area contributed by atoms with Gasteiger partial charge in [0, 0.05) is 11.3 Å². The first-order valence-corrected chi connectivity index (χ1v) is 9.00. The summed E-state index contributed by atoms with van der Waals surface area (Å²) < 4.78 is 32.5. The van der Waals surface area contributed by atoms with Crippen molar-refractivity contribution in [3.05, 3.63) is 65.9 Å². The zero-order valence-electron chi connectivity index (χ0n) is 13.4. The number of carbonyl (C=O) groups excluding carboxylic acids is 1. The molecule has 0 amide bonds. The van der Waals surface area contributed by atoms with E-state index in [0.717, 1.165) is 0 Å². The lowest BCUT2D eigenvalue weighted by Gasteiger charge is -2.32. The van der Waals surface area contributed by atoms with Gasteiger partial charge in [0.05, 0.1) is 22.8 Å². The van der Waals surface area contributed by atoms with E-state index in [1.54, 1.807) is 62.4 Å². The molecule has 0 N–H and O–H groups in total. The van der Waals surface area contributed by atoms with Crippen molar-refractivity contribution in [2.24, 2.45) is 0 Å². The Hall–Kier alpha value is -2.60. The minimum Gasteiger partial charge on any atom is -0.462 e. The number of esters is 1. The number of fused-ring (bicyclic) bond motifs is 1. The van der Waals surface area contributed by atoms with Gasteiger partial charge in [0.15, 0.2) is 0 Å². The Balaban J connectivity index is 2.32. The van der Waals surface area contributed by atoms with Gasteiger partial charge in [-0.2, -0.15) is 0 Å². The Labute approximate surface area is 141 Å². The molecule has 0 saturated carbocycles. The van der Waals surface area contributed by atoms with E-state index in [-0.39, 0.29) is 17.1 Å². The number of carbonyl (C=O) groups is 1. The number of nitrogens with zero attached hydrogens (tertiary/aromatic N) is 1. The Kier molecular flexibility index (Phi) is 4.15. The summed E-state index contributed by atoms with van der Waals surface area (Å²) >= 11 is 0. The molecule has 0 fully saturated rings. The number of hydrogen-bond acceptors (Lipinski definition) is 4. The number of para-hydroxylation sites is 1. The lowest BCUT2D eigenvalue weighted by molar-refractivity contribution is -0.136. The molecular weight excluding hydrogens is 326 g/mol. The molecule has 2 aromatic carbocycles. The van der Waals surface area contributed by atoms with Crippen LogP contribution in [-0.2, 0) is 19.6 Å². The van der Waals surface area contributed by atoms with Crippen LogP contribution in [0.25, 0.3) is 5.57 Å². The van der Waals surface area contributed by atoms with E-state index in [4.69, 9.17) is 4.74 Å². The Morgan fingerprint density at radius 2 is 1.67 bits per heavy atom. The molecular formula is C18H17NO4S. The third-order valence-electron chi connectivity index (χ3n) is 3.81. The van der Waals surface area contributed by atoms with Crippen molar-refractivity contribution in [2.75, 3.05) is 10.9 Å². The molecule has 0 atom stereocenters. The molecule has 1 aliphatic rings. The van der Waals surface area contributed by atoms with Gasteiger partial charge in [0.1, 0.15) is 0 Å². The lowest BCUT2D eigenvalue weighted by Crippen LogP contribution is -2.35. The van der Waals surface area contributed by atoms with Crippen LogP contribution in [0, 0.1) is 0 Å². The third kappa shape index (κ3) is 2.49. The summed E-state index contributed by atoms with van der Waals surface area (Å²) in [6.45, 7) is 3.55. The van der Waals surface area contributed by atoms with Crippen LogP contribution in [0.15, 0.2) is 65.2 Å². The number of sulfonamides is 1. The molecule has 1 heterocycles. The fourth-order valence-electron chi connectivity index (χ4n) is 2.83. The van der Waals surface area contributed by atoms with Crippen molar-refractivity contribution in [3.8, 4) is 0 Å². The highest BCUT2D eigenvalue weighted by Gasteiger charge is 2.38. The van der Waals surface area contributed by atoms with E-state index >= 15 is 0 Å². The van der Waals surface area contributed by atoms with E-state index < -0.39 is 16.0 Å². The van der Waals surface area contributed by atoms with Crippen LogP contribution in [0.1, 0.15) is 19.4 Å². The van der Waals surface area contributed by atoms with Gasteiger partial charge in [0.25, 0.3) is 10.0 Å². The van der Waals surface area contributed by atoms with Gasteiger partial charge in [-0.1, -0.05) is 36.4 Å². The molecule has 0 spiro atoms. The van der Waals surface area contributed by atoms with Crippen molar-refractivity contribution in [3.63, 3.8) is 0 Å². The normalized spacial score (nSPS) is 15.8. The highest BCUT2D eigenvalue weighted by atomic mass is 32.2. The summed E-state index contributed by atoms with van der Waals surface area (Å²) in [5.41, 5.74) is 1.46. The number of allylic oxidation sites excluding steroid dienone is 1. The van der Waals surface area contributed by atoms with Crippen molar-refractivity contribution in [2.45, 2.75) is 18.7 Å². The summed E-state index contributed by atoms with van der Waals surface area (Å²) in [4.78, 5) is 12.6. The maximum atomic E-state index is 13.1. The molecule has 0 saturated heterocycles. The molecule has 5 nitrogen and oxygen atoms in total. The average molecular weight is 343 g/mol. The predicted molar refractivity (Wildman–Crippen MR) is 91.8 cm³/mol. The molecule has 0 bridgehead atoms. The lowest BCUT2D eigenvalue weighted by atomic mass is 10.0. The van der Waals surface area contributed by atoms with Gasteiger partial charge in [-0.25, -0.2) is 17.5 Å². The van der Waals surface area contributed by atoms with Gasteiger partial charge in [0.2, 0.25) is 0 Å². The third-order valence-corrected chi connectivity index (χ3v) is 5.69. The van der Waals surface area contributed by atoms with Gasteiger partial charge in [-0.15, -0.1) is 0 Å². The highest BCUT2D eigenvalue weighted by Crippen LogP contribution is 2.39.